The van der Waals surface area contributed by atoms with Gasteiger partial charge in [-0.25, -0.2) is 4.98 Å². The number of carbonyl (C=O) groups excluding carboxylic acids is 2. The van der Waals surface area contributed by atoms with Crippen molar-refractivity contribution < 1.29 is 22.8 Å². The van der Waals surface area contributed by atoms with Crippen molar-refractivity contribution in [1.29, 1.82) is 0 Å². The molecule has 148 valence electrons. The number of benzene rings is 2. The number of hydrogen-bond acceptors (Lipinski definition) is 3. The van der Waals surface area contributed by atoms with E-state index in [1.807, 2.05) is 19.1 Å². The Hall–Kier alpha value is -3.68. The normalized spacial score (nSPS) is 11.0. The van der Waals surface area contributed by atoms with Crippen molar-refractivity contribution in [2.75, 3.05) is 10.6 Å². The molecule has 29 heavy (non-hydrogen) atoms. The lowest BCUT2D eigenvalue weighted by molar-refractivity contribution is -0.136. The first-order chi connectivity index (χ1) is 13.7. The number of halogens is 3. The van der Waals surface area contributed by atoms with Gasteiger partial charge in [0, 0.05) is 5.69 Å². The first-order valence-electron chi connectivity index (χ1n) is 8.57. The summed E-state index contributed by atoms with van der Waals surface area (Å²) in [5.41, 5.74) is -0.000849. The molecule has 0 fully saturated rings. The first-order valence-corrected chi connectivity index (χ1v) is 8.57. The van der Waals surface area contributed by atoms with Crippen LogP contribution in [0.5, 0.6) is 0 Å². The molecule has 2 N–H and O–H groups in total. The molecule has 1 heterocycles. The maximum Gasteiger partial charge on any atom is 0.418 e. The highest BCUT2D eigenvalue weighted by molar-refractivity contribution is 6.06. The van der Waals surface area contributed by atoms with E-state index in [1.54, 1.807) is 12.1 Å². The quantitative estimate of drug-likeness (QED) is 0.655. The summed E-state index contributed by atoms with van der Waals surface area (Å²) in [5, 5.41) is 4.85. The van der Waals surface area contributed by atoms with Crippen LogP contribution < -0.4 is 10.6 Å². The van der Waals surface area contributed by atoms with Gasteiger partial charge in [0.1, 0.15) is 11.4 Å². The van der Waals surface area contributed by atoms with Gasteiger partial charge in [-0.1, -0.05) is 35.9 Å². The van der Waals surface area contributed by atoms with Gasteiger partial charge in [0.05, 0.1) is 11.3 Å². The minimum atomic E-state index is -4.62. The molecule has 3 aromatic rings. The Morgan fingerprint density at radius 2 is 1.38 bits per heavy atom. The SMILES string of the molecule is Cc1ccc(NC(=O)c2cccc(C(=O)Nc3ccccc3C(F)(F)F)n2)cc1. The summed E-state index contributed by atoms with van der Waals surface area (Å²) in [6, 6.07) is 15.9. The van der Waals surface area contributed by atoms with E-state index in [4.69, 9.17) is 0 Å². The fourth-order valence-corrected chi connectivity index (χ4v) is 2.55. The summed E-state index contributed by atoms with van der Waals surface area (Å²) in [7, 11) is 0. The van der Waals surface area contributed by atoms with E-state index in [-0.39, 0.29) is 17.1 Å². The van der Waals surface area contributed by atoms with Crippen LogP contribution in [0.1, 0.15) is 32.1 Å². The van der Waals surface area contributed by atoms with Crippen molar-refractivity contribution in [2.24, 2.45) is 0 Å². The molecule has 5 nitrogen and oxygen atoms in total. The van der Waals surface area contributed by atoms with Crippen molar-refractivity contribution in [1.82, 2.24) is 4.98 Å². The van der Waals surface area contributed by atoms with Crippen LogP contribution in [0.2, 0.25) is 0 Å². The molecule has 0 radical (unpaired) electrons. The van der Waals surface area contributed by atoms with Crippen LogP contribution >= 0.6 is 0 Å². The maximum atomic E-state index is 13.1. The van der Waals surface area contributed by atoms with Gasteiger partial charge in [0.25, 0.3) is 11.8 Å². The van der Waals surface area contributed by atoms with E-state index in [1.165, 1.54) is 30.3 Å². The third-order valence-electron chi connectivity index (χ3n) is 4.00. The zero-order valence-corrected chi connectivity index (χ0v) is 15.2. The van der Waals surface area contributed by atoms with Gasteiger partial charge in [0.2, 0.25) is 0 Å². The summed E-state index contributed by atoms with van der Waals surface area (Å²) < 4.78 is 39.2. The highest BCUT2D eigenvalue weighted by Gasteiger charge is 2.33. The molecule has 3 rings (SSSR count). The van der Waals surface area contributed by atoms with E-state index in [0.717, 1.165) is 17.7 Å². The summed E-state index contributed by atoms with van der Waals surface area (Å²) in [6.45, 7) is 1.91. The van der Waals surface area contributed by atoms with Crippen molar-refractivity contribution in [3.05, 3.63) is 89.2 Å². The number of aryl methyl sites for hydroxylation is 1. The summed E-state index contributed by atoms with van der Waals surface area (Å²) in [6.07, 6.45) is -4.62. The Labute approximate surface area is 164 Å². The van der Waals surface area contributed by atoms with Gasteiger partial charge in [-0.3, -0.25) is 9.59 Å². The van der Waals surface area contributed by atoms with Gasteiger partial charge < -0.3 is 10.6 Å². The number of anilines is 2. The van der Waals surface area contributed by atoms with Crippen LogP contribution in [0, 0.1) is 6.92 Å². The number of nitrogens with one attached hydrogen (secondary N) is 2. The van der Waals surface area contributed by atoms with Crippen molar-refractivity contribution in [2.45, 2.75) is 13.1 Å². The number of carbonyl (C=O) groups is 2. The van der Waals surface area contributed by atoms with Crippen molar-refractivity contribution >= 4 is 23.2 Å². The van der Waals surface area contributed by atoms with Gasteiger partial charge in [-0.05, 0) is 43.3 Å². The smallest absolute Gasteiger partial charge is 0.321 e. The fraction of sp³-hybridized carbons (Fsp3) is 0.0952. The van der Waals surface area contributed by atoms with Crippen LogP contribution in [0.15, 0.2) is 66.7 Å². The Morgan fingerprint density at radius 1 is 0.793 bits per heavy atom. The number of amides is 2. The van der Waals surface area contributed by atoms with Crippen molar-refractivity contribution in [3.63, 3.8) is 0 Å². The van der Waals surface area contributed by atoms with Crippen LogP contribution in [0.25, 0.3) is 0 Å². The number of hydrogen-bond donors (Lipinski definition) is 2. The van der Waals surface area contributed by atoms with Gasteiger partial charge in [-0.15, -0.1) is 0 Å². The predicted molar refractivity (Wildman–Crippen MR) is 103 cm³/mol. The number of aromatic nitrogens is 1. The second-order valence-corrected chi connectivity index (χ2v) is 6.23. The molecule has 0 saturated carbocycles. The molecular weight excluding hydrogens is 383 g/mol. The monoisotopic (exact) mass is 399 g/mol. The maximum absolute atomic E-state index is 13.1. The Morgan fingerprint density at radius 3 is 2.00 bits per heavy atom. The number of pyridine rings is 1. The molecule has 2 aromatic carbocycles. The highest BCUT2D eigenvalue weighted by atomic mass is 19.4. The molecule has 0 atom stereocenters. The Balaban J connectivity index is 1.78. The number of para-hydroxylation sites is 1. The highest BCUT2D eigenvalue weighted by Crippen LogP contribution is 2.34. The standard InChI is InChI=1S/C21H16F3N3O2/c1-13-9-11-14(12-10-13)25-19(28)17-7-4-8-18(26-17)20(29)27-16-6-3-2-5-15(16)21(22,23)24/h2-12H,1H3,(H,25,28)(H,27,29). The minimum absolute atomic E-state index is 0.0395. The topological polar surface area (TPSA) is 71.1 Å². The third kappa shape index (κ3) is 4.98. The largest absolute Gasteiger partial charge is 0.418 e. The molecule has 0 spiro atoms. The predicted octanol–water partition coefficient (Wildman–Crippen LogP) is 4.91. The molecule has 8 heteroatoms. The van der Waals surface area contributed by atoms with E-state index in [9.17, 15) is 22.8 Å². The molecule has 0 unspecified atom stereocenters. The van der Waals surface area contributed by atoms with Crippen molar-refractivity contribution in [3.8, 4) is 0 Å². The second kappa shape index (κ2) is 8.14. The molecular formula is C21H16F3N3O2. The summed E-state index contributed by atoms with van der Waals surface area (Å²) >= 11 is 0. The molecule has 0 bridgehead atoms. The van der Waals surface area contributed by atoms with E-state index >= 15 is 0 Å². The molecule has 0 aliphatic heterocycles. The molecule has 0 aliphatic carbocycles. The first kappa shape index (κ1) is 20.1. The van der Waals surface area contributed by atoms with E-state index in [0.29, 0.717) is 5.69 Å². The lowest BCUT2D eigenvalue weighted by Gasteiger charge is -2.13. The minimum Gasteiger partial charge on any atom is -0.321 e. The van der Waals surface area contributed by atoms with Gasteiger partial charge >= 0.3 is 6.18 Å². The van der Waals surface area contributed by atoms with Gasteiger partial charge in [-0.2, -0.15) is 13.2 Å². The zero-order valence-electron chi connectivity index (χ0n) is 15.2. The zero-order chi connectivity index (χ0) is 21.0. The summed E-state index contributed by atoms with van der Waals surface area (Å²) in [4.78, 5) is 28.7. The molecule has 0 aliphatic rings. The van der Waals surface area contributed by atoms with Gasteiger partial charge in [0.15, 0.2) is 0 Å². The van der Waals surface area contributed by atoms with Crippen LogP contribution in [0.4, 0.5) is 24.5 Å². The lowest BCUT2D eigenvalue weighted by Crippen LogP contribution is -2.20. The average Bonchev–Trinajstić information content (AvgIpc) is 2.69. The lowest BCUT2D eigenvalue weighted by atomic mass is 10.1. The molecule has 0 saturated heterocycles. The number of alkyl halides is 3. The third-order valence-corrected chi connectivity index (χ3v) is 4.00. The van der Waals surface area contributed by atoms with E-state index < -0.39 is 23.6 Å². The van der Waals surface area contributed by atoms with Crippen LogP contribution in [0.3, 0.4) is 0 Å². The molecule has 2 amide bonds. The van der Waals surface area contributed by atoms with Crippen LogP contribution in [-0.4, -0.2) is 16.8 Å². The Kier molecular flexibility index (Phi) is 5.63. The average molecular weight is 399 g/mol. The van der Waals surface area contributed by atoms with Crippen LogP contribution in [-0.2, 0) is 6.18 Å². The molecule has 1 aromatic heterocycles. The second-order valence-electron chi connectivity index (χ2n) is 6.23. The van der Waals surface area contributed by atoms with E-state index in [2.05, 4.69) is 15.6 Å². The number of nitrogens with zero attached hydrogens (tertiary/aromatic N) is 1. The number of rotatable bonds is 4. The summed E-state index contributed by atoms with van der Waals surface area (Å²) in [5.74, 6) is -1.40. The Bertz CT molecular complexity index is 1050. The fourth-order valence-electron chi connectivity index (χ4n) is 2.55.